The number of para-hydroxylation sites is 1. The summed E-state index contributed by atoms with van der Waals surface area (Å²) in [5, 5.41) is 4.65. The molecule has 1 aliphatic rings. The molecule has 5 rings (SSSR count). The number of carbonyl (C=O) groups is 4. The predicted molar refractivity (Wildman–Crippen MR) is 149 cm³/mol. The van der Waals surface area contributed by atoms with E-state index in [0.29, 0.717) is 27.6 Å². The van der Waals surface area contributed by atoms with E-state index in [-0.39, 0.29) is 12.1 Å². The van der Waals surface area contributed by atoms with E-state index >= 15 is 0 Å². The van der Waals surface area contributed by atoms with Crippen LogP contribution < -0.4 is 15.0 Å². The number of anilines is 2. The minimum atomic E-state index is -1.08. The molecule has 202 valence electrons. The molecule has 8 nitrogen and oxygen atoms in total. The van der Waals surface area contributed by atoms with Crippen LogP contribution in [-0.4, -0.2) is 42.1 Å². The van der Waals surface area contributed by atoms with E-state index in [2.05, 4.69) is 5.32 Å². The molecule has 0 fully saturated rings. The molecule has 0 spiro atoms. The molecular weight excluding hydrogens is 533 g/mol. The SMILES string of the molecule is COc1ccc(NC(=O)[C@@H](c2cccs2)N(Cc2ccc(F)cc2)C(=O)CN2C(=O)C(=O)c3ccccc32)cc1. The third kappa shape index (κ3) is 5.48. The van der Waals surface area contributed by atoms with Gasteiger partial charge in [0.1, 0.15) is 24.2 Å². The van der Waals surface area contributed by atoms with Crippen molar-refractivity contribution in [3.05, 3.63) is 112 Å². The van der Waals surface area contributed by atoms with E-state index < -0.39 is 41.9 Å². The van der Waals surface area contributed by atoms with Gasteiger partial charge in [0.15, 0.2) is 0 Å². The Hall–Kier alpha value is -4.83. The molecule has 1 N–H and O–H groups in total. The maximum absolute atomic E-state index is 14.0. The maximum atomic E-state index is 14.0. The van der Waals surface area contributed by atoms with E-state index in [1.54, 1.807) is 60.0 Å². The summed E-state index contributed by atoms with van der Waals surface area (Å²) >= 11 is 1.30. The van der Waals surface area contributed by atoms with Crippen molar-refractivity contribution in [3.8, 4) is 5.75 Å². The van der Waals surface area contributed by atoms with Gasteiger partial charge in [0.2, 0.25) is 5.91 Å². The van der Waals surface area contributed by atoms with Crippen LogP contribution in [0.5, 0.6) is 5.75 Å². The minimum Gasteiger partial charge on any atom is -0.497 e. The van der Waals surface area contributed by atoms with Crippen molar-refractivity contribution in [2.75, 3.05) is 23.9 Å². The van der Waals surface area contributed by atoms with Crippen LogP contribution >= 0.6 is 11.3 Å². The number of halogens is 1. The lowest BCUT2D eigenvalue weighted by atomic mass is 10.1. The smallest absolute Gasteiger partial charge is 0.299 e. The van der Waals surface area contributed by atoms with Gasteiger partial charge >= 0.3 is 0 Å². The lowest BCUT2D eigenvalue weighted by molar-refractivity contribution is -0.138. The lowest BCUT2D eigenvalue weighted by Crippen LogP contribution is -2.46. The number of ketones is 1. The Kier molecular flexibility index (Phi) is 7.70. The summed E-state index contributed by atoms with van der Waals surface area (Å²) in [5.41, 5.74) is 1.63. The van der Waals surface area contributed by atoms with Crippen molar-refractivity contribution in [2.45, 2.75) is 12.6 Å². The highest BCUT2D eigenvalue weighted by atomic mass is 32.1. The Morgan fingerprint density at radius 1 is 0.975 bits per heavy atom. The van der Waals surface area contributed by atoms with Gasteiger partial charge in [-0.2, -0.15) is 0 Å². The summed E-state index contributed by atoms with van der Waals surface area (Å²) in [4.78, 5) is 56.2. The first-order chi connectivity index (χ1) is 19.4. The van der Waals surface area contributed by atoms with Gasteiger partial charge in [-0.15, -0.1) is 11.3 Å². The standard InChI is InChI=1S/C30H24FN3O5S/c1-39-22-14-12-21(13-15-22)32-29(37)27(25-7-4-16-40-25)34(17-19-8-10-20(31)11-9-19)26(35)18-33-24-6-3-2-5-23(24)28(36)30(33)38/h2-16,27H,17-18H2,1H3,(H,32,37)/t27-/m1/s1. The fourth-order valence-electron chi connectivity index (χ4n) is 4.50. The summed E-state index contributed by atoms with van der Waals surface area (Å²) in [7, 11) is 1.54. The fraction of sp³-hybridized carbons (Fsp3) is 0.133. The van der Waals surface area contributed by atoms with Crippen molar-refractivity contribution in [1.29, 1.82) is 0 Å². The average molecular weight is 558 g/mol. The van der Waals surface area contributed by atoms with Crippen LogP contribution in [0.25, 0.3) is 0 Å². The Morgan fingerprint density at radius 3 is 2.38 bits per heavy atom. The average Bonchev–Trinajstić information content (AvgIpc) is 3.58. The summed E-state index contributed by atoms with van der Waals surface area (Å²) in [5.74, 6) is -2.37. The predicted octanol–water partition coefficient (Wildman–Crippen LogP) is 4.83. The van der Waals surface area contributed by atoms with Crippen molar-refractivity contribution >= 4 is 46.2 Å². The number of amides is 3. The molecule has 1 aliphatic heterocycles. The van der Waals surface area contributed by atoms with Gasteiger partial charge in [-0.25, -0.2) is 4.39 Å². The summed E-state index contributed by atoms with van der Waals surface area (Å²) < 4.78 is 18.8. The van der Waals surface area contributed by atoms with E-state index in [1.165, 1.54) is 53.7 Å². The first kappa shape index (κ1) is 26.8. The molecule has 0 saturated heterocycles. The van der Waals surface area contributed by atoms with Crippen LogP contribution in [0.4, 0.5) is 15.8 Å². The molecule has 0 saturated carbocycles. The number of ether oxygens (including phenoxy) is 1. The second kappa shape index (κ2) is 11.5. The third-order valence-corrected chi connectivity index (χ3v) is 7.41. The summed E-state index contributed by atoms with van der Waals surface area (Å²) in [6.45, 7) is -0.504. The molecule has 2 heterocycles. The second-order valence-electron chi connectivity index (χ2n) is 9.02. The molecule has 0 unspecified atom stereocenters. The number of fused-ring (bicyclic) bond motifs is 1. The number of hydrogen-bond acceptors (Lipinski definition) is 6. The molecule has 4 aromatic rings. The largest absolute Gasteiger partial charge is 0.497 e. The van der Waals surface area contributed by atoms with Crippen molar-refractivity contribution in [1.82, 2.24) is 4.90 Å². The van der Waals surface area contributed by atoms with Crippen LogP contribution in [0.15, 0.2) is 90.3 Å². The van der Waals surface area contributed by atoms with Crippen molar-refractivity contribution in [2.24, 2.45) is 0 Å². The first-order valence-corrected chi connectivity index (χ1v) is 13.2. The molecule has 10 heteroatoms. The van der Waals surface area contributed by atoms with E-state index in [0.717, 1.165) is 4.90 Å². The lowest BCUT2D eigenvalue weighted by Gasteiger charge is -2.32. The first-order valence-electron chi connectivity index (χ1n) is 12.3. The van der Waals surface area contributed by atoms with Gasteiger partial charge in [-0.05, 0) is 65.5 Å². The molecule has 1 aromatic heterocycles. The minimum absolute atomic E-state index is 0.0463. The van der Waals surface area contributed by atoms with E-state index in [4.69, 9.17) is 4.74 Å². The van der Waals surface area contributed by atoms with Crippen LogP contribution in [0.2, 0.25) is 0 Å². The number of thiophene rings is 1. The Bertz CT molecular complexity index is 1560. The zero-order chi connectivity index (χ0) is 28.2. The quantitative estimate of drug-likeness (QED) is 0.298. The molecule has 1 atom stereocenters. The highest BCUT2D eigenvalue weighted by Crippen LogP contribution is 2.32. The summed E-state index contributed by atoms with van der Waals surface area (Å²) in [6.07, 6.45) is 0. The molecule has 3 aromatic carbocycles. The molecule has 40 heavy (non-hydrogen) atoms. The monoisotopic (exact) mass is 557 g/mol. The number of hydrogen-bond donors (Lipinski definition) is 1. The Morgan fingerprint density at radius 2 is 1.70 bits per heavy atom. The molecule has 0 radical (unpaired) electrons. The van der Waals surface area contributed by atoms with Crippen LogP contribution in [0.1, 0.15) is 26.8 Å². The second-order valence-corrected chi connectivity index (χ2v) is 10.0. The number of methoxy groups -OCH3 is 1. The van der Waals surface area contributed by atoms with Crippen LogP contribution in [0.3, 0.4) is 0 Å². The zero-order valence-corrected chi connectivity index (χ0v) is 22.2. The van der Waals surface area contributed by atoms with E-state index in [9.17, 15) is 23.6 Å². The van der Waals surface area contributed by atoms with Gasteiger partial charge < -0.3 is 15.0 Å². The van der Waals surface area contributed by atoms with Crippen LogP contribution in [0, 0.1) is 5.82 Å². The maximum Gasteiger partial charge on any atom is 0.299 e. The number of carbonyl (C=O) groups excluding carboxylic acids is 4. The highest BCUT2D eigenvalue weighted by molar-refractivity contribution is 7.10. The zero-order valence-electron chi connectivity index (χ0n) is 21.4. The topological polar surface area (TPSA) is 96.0 Å². The number of Topliss-reactive ketones (excluding diaryl/α,β-unsaturated/α-hetero) is 1. The van der Waals surface area contributed by atoms with Gasteiger partial charge in [0, 0.05) is 17.1 Å². The van der Waals surface area contributed by atoms with Gasteiger partial charge in [0.05, 0.1) is 18.4 Å². The molecule has 0 bridgehead atoms. The van der Waals surface area contributed by atoms with Gasteiger partial charge in [-0.3, -0.25) is 24.1 Å². The normalized spacial score (nSPS) is 13.1. The number of nitrogens with zero attached hydrogens (tertiary/aromatic N) is 2. The van der Waals surface area contributed by atoms with Crippen LogP contribution in [-0.2, 0) is 20.9 Å². The third-order valence-electron chi connectivity index (χ3n) is 6.49. The van der Waals surface area contributed by atoms with Crippen molar-refractivity contribution in [3.63, 3.8) is 0 Å². The summed E-state index contributed by atoms with van der Waals surface area (Å²) in [6, 6.07) is 21.3. The Balaban J connectivity index is 1.50. The number of nitrogens with one attached hydrogen (secondary N) is 1. The highest BCUT2D eigenvalue weighted by Gasteiger charge is 2.39. The number of benzene rings is 3. The molecule has 0 aliphatic carbocycles. The Labute approximate surface area is 233 Å². The van der Waals surface area contributed by atoms with E-state index in [1.807, 2.05) is 0 Å². The fourth-order valence-corrected chi connectivity index (χ4v) is 5.33. The molecule has 3 amide bonds. The van der Waals surface area contributed by atoms with Gasteiger partial charge in [0.25, 0.3) is 17.6 Å². The molecular formula is C30H24FN3O5S. The van der Waals surface area contributed by atoms with Gasteiger partial charge in [-0.1, -0.05) is 30.3 Å². The van der Waals surface area contributed by atoms with Crippen molar-refractivity contribution < 1.29 is 28.3 Å². The number of rotatable bonds is 9.